The van der Waals surface area contributed by atoms with Crippen LogP contribution >= 0.6 is 0 Å². The monoisotopic (exact) mass is 446 g/mol. The topological polar surface area (TPSA) is 128 Å². The molecule has 0 aliphatic carbocycles. The van der Waals surface area contributed by atoms with E-state index in [1.807, 2.05) is 11.9 Å². The molecule has 0 spiro atoms. The molecule has 0 bridgehead atoms. The summed E-state index contributed by atoms with van der Waals surface area (Å²) in [5.41, 5.74) is 7.77. The average Bonchev–Trinajstić information content (AvgIpc) is 3.09. The summed E-state index contributed by atoms with van der Waals surface area (Å²) in [6, 6.07) is 7.02. The Balaban J connectivity index is 1.86. The van der Waals surface area contributed by atoms with Gasteiger partial charge in [0, 0.05) is 24.8 Å². The van der Waals surface area contributed by atoms with Gasteiger partial charge in [-0.05, 0) is 38.1 Å². The molecule has 3 rings (SSSR count). The summed E-state index contributed by atoms with van der Waals surface area (Å²) >= 11 is 0. The number of carbonyl (C=O) groups is 1. The predicted molar refractivity (Wildman–Crippen MR) is 115 cm³/mol. The molecule has 1 atom stereocenters. The first-order valence-electron chi connectivity index (χ1n) is 9.78. The van der Waals surface area contributed by atoms with Crippen LogP contribution in [0.2, 0.25) is 0 Å². The number of nitrogens with two attached hydrogens (primary N) is 1. The van der Waals surface area contributed by atoms with Crippen LogP contribution in [0.1, 0.15) is 33.7 Å². The Morgan fingerprint density at radius 3 is 2.94 bits per heavy atom. The number of primary amides is 1. The van der Waals surface area contributed by atoms with Crippen LogP contribution in [0.15, 0.2) is 24.3 Å². The van der Waals surface area contributed by atoms with Gasteiger partial charge in [-0.15, -0.1) is 0 Å². The quantitative estimate of drug-likeness (QED) is 0.455. The van der Waals surface area contributed by atoms with E-state index in [1.165, 1.54) is 4.68 Å². The van der Waals surface area contributed by atoms with Crippen LogP contribution in [0.4, 0.5) is 0 Å². The second-order valence-electron chi connectivity index (χ2n) is 7.51. The molecule has 3 N–H and O–H groups in total. The van der Waals surface area contributed by atoms with E-state index in [4.69, 9.17) is 10.5 Å². The Hall–Kier alpha value is -2.71. The maximum absolute atomic E-state index is 12.2. The molecule has 1 amide bonds. The van der Waals surface area contributed by atoms with E-state index < -0.39 is 21.8 Å². The van der Waals surface area contributed by atoms with Crippen molar-refractivity contribution in [1.29, 1.82) is 0 Å². The molecular weight excluding hydrogens is 420 g/mol. The van der Waals surface area contributed by atoms with E-state index in [-0.39, 0.29) is 23.6 Å². The lowest BCUT2D eigenvalue weighted by atomic mass is 10.1. The van der Waals surface area contributed by atoms with Gasteiger partial charge in [0.25, 0.3) is 5.91 Å². The SMILES string of the molecule is COCN(C)CCC(O)C#Cc1cccc(-n2nc(C(N)=O)c3c2CS(=O)(=O)CC3)c1. The fourth-order valence-corrected chi connectivity index (χ4v) is 4.80. The fourth-order valence-electron chi connectivity index (χ4n) is 3.43. The number of aromatic nitrogens is 2. The lowest BCUT2D eigenvalue weighted by Crippen LogP contribution is -2.24. The van der Waals surface area contributed by atoms with Crippen molar-refractivity contribution in [2.75, 3.05) is 33.2 Å². The molecule has 9 nitrogen and oxygen atoms in total. The summed E-state index contributed by atoms with van der Waals surface area (Å²) in [5.74, 6) is 4.82. The number of methoxy groups -OCH3 is 1. The lowest BCUT2D eigenvalue weighted by molar-refractivity contribution is 0.0733. The van der Waals surface area contributed by atoms with Crippen LogP contribution in [-0.4, -0.2) is 73.4 Å². The van der Waals surface area contributed by atoms with Gasteiger partial charge in [0.2, 0.25) is 0 Å². The molecule has 1 unspecified atom stereocenters. The number of aliphatic hydroxyl groups excluding tert-OH is 1. The second-order valence-corrected chi connectivity index (χ2v) is 9.70. The zero-order valence-corrected chi connectivity index (χ0v) is 18.4. The second kappa shape index (κ2) is 9.62. The summed E-state index contributed by atoms with van der Waals surface area (Å²) in [5, 5.41) is 14.4. The molecule has 2 aromatic rings. The van der Waals surface area contributed by atoms with Crippen molar-refractivity contribution in [1.82, 2.24) is 14.7 Å². The van der Waals surface area contributed by atoms with Crippen LogP contribution in [-0.2, 0) is 26.7 Å². The number of fused-ring (bicyclic) bond motifs is 1. The van der Waals surface area contributed by atoms with Crippen LogP contribution in [0.5, 0.6) is 0 Å². The summed E-state index contributed by atoms with van der Waals surface area (Å²) in [7, 11) is 0.222. The minimum atomic E-state index is -3.28. The van der Waals surface area contributed by atoms with Gasteiger partial charge in [-0.25, -0.2) is 13.1 Å². The van der Waals surface area contributed by atoms with Crippen molar-refractivity contribution in [3.8, 4) is 17.5 Å². The molecule has 2 heterocycles. The smallest absolute Gasteiger partial charge is 0.269 e. The highest BCUT2D eigenvalue weighted by Crippen LogP contribution is 2.26. The van der Waals surface area contributed by atoms with Gasteiger partial charge in [-0.1, -0.05) is 17.9 Å². The van der Waals surface area contributed by atoms with Gasteiger partial charge in [-0.3, -0.25) is 9.69 Å². The molecule has 31 heavy (non-hydrogen) atoms. The Bertz CT molecular complexity index is 1130. The van der Waals surface area contributed by atoms with Crippen LogP contribution in [0.25, 0.3) is 5.69 Å². The molecule has 0 saturated carbocycles. The fraction of sp³-hybridized carbons (Fsp3) is 0.429. The number of aliphatic hydroxyl groups is 1. The van der Waals surface area contributed by atoms with Crippen molar-refractivity contribution in [2.45, 2.75) is 24.7 Å². The van der Waals surface area contributed by atoms with Crippen molar-refractivity contribution >= 4 is 15.7 Å². The van der Waals surface area contributed by atoms with Crippen molar-refractivity contribution < 1.29 is 23.1 Å². The highest BCUT2D eigenvalue weighted by Gasteiger charge is 2.30. The van der Waals surface area contributed by atoms with Crippen LogP contribution in [0.3, 0.4) is 0 Å². The first kappa shape index (κ1) is 23.0. The zero-order valence-electron chi connectivity index (χ0n) is 17.5. The number of rotatable bonds is 7. The molecule has 0 fully saturated rings. The predicted octanol–water partition coefficient (Wildman–Crippen LogP) is 0.0803. The van der Waals surface area contributed by atoms with Gasteiger partial charge in [0.1, 0.15) is 6.10 Å². The highest BCUT2D eigenvalue weighted by atomic mass is 32.2. The lowest BCUT2D eigenvalue weighted by Gasteiger charge is -2.15. The summed E-state index contributed by atoms with van der Waals surface area (Å²) < 4.78 is 30.8. The number of nitrogens with zero attached hydrogens (tertiary/aromatic N) is 3. The third-order valence-electron chi connectivity index (χ3n) is 4.95. The molecule has 0 saturated heterocycles. The van der Waals surface area contributed by atoms with Crippen molar-refractivity contribution in [2.24, 2.45) is 5.73 Å². The summed E-state index contributed by atoms with van der Waals surface area (Å²) in [6.07, 6.45) is -0.120. The minimum absolute atomic E-state index is 0.0328. The van der Waals surface area contributed by atoms with E-state index in [0.29, 0.717) is 42.2 Å². The molecule has 1 aromatic carbocycles. The molecule has 10 heteroatoms. The van der Waals surface area contributed by atoms with Gasteiger partial charge in [0.05, 0.1) is 29.6 Å². The Morgan fingerprint density at radius 2 is 2.23 bits per heavy atom. The molecule has 1 aliphatic rings. The number of sulfone groups is 1. The Labute approximate surface area is 181 Å². The third kappa shape index (κ3) is 5.71. The van der Waals surface area contributed by atoms with Gasteiger partial charge in [-0.2, -0.15) is 5.10 Å². The number of carbonyl (C=O) groups excluding carboxylic acids is 1. The molecule has 1 aromatic heterocycles. The largest absolute Gasteiger partial charge is 0.380 e. The number of ether oxygens (including phenoxy) is 1. The first-order valence-corrected chi connectivity index (χ1v) is 11.6. The van der Waals surface area contributed by atoms with Crippen LogP contribution < -0.4 is 5.73 Å². The number of hydrogen-bond acceptors (Lipinski definition) is 7. The number of hydrogen-bond donors (Lipinski definition) is 2. The first-order chi connectivity index (χ1) is 14.7. The van der Waals surface area contributed by atoms with E-state index in [0.717, 1.165) is 0 Å². The van der Waals surface area contributed by atoms with Crippen molar-refractivity contribution in [3.63, 3.8) is 0 Å². The normalized spacial score (nSPS) is 15.7. The standard InChI is InChI=1S/C21H26N4O5S/c1-24(14-30-2)10-8-17(26)7-6-15-4-3-5-16(12-15)25-19-13-31(28,29)11-9-18(19)20(23-25)21(22)27/h3-5,12,17,26H,8-11,13-14H2,1-2H3,(H2,22,27). The maximum Gasteiger partial charge on any atom is 0.269 e. The van der Waals surface area contributed by atoms with E-state index in [2.05, 4.69) is 16.9 Å². The number of amides is 1. The van der Waals surface area contributed by atoms with E-state index in [1.54, 1.807) is 31.4 Å². The molecule has 166 valence electrons. The molecular formula is C21H26N4O5S. The third-order valence-corrected chi connectivity index (χ3v) is 6.49. The van der Waals surface area contributed by atoms with E-state index in [9.17, 15) is 18.3 Å². The van der Waals surface area contributed by atoms with Gasteiger partial charge >= 0.3 is 0 Å². The Morgan fingerprint density at radius 1 is 1.45 bits per heavy atom. The maximum atomic E-state index is 12.2. The summed E-state index contributed by atoms with van der Waals surface area (Å²) in [4.78, 5) is 13.7. The number of benzene rings is 1. The van der Waals surface area contributed by atoms with Gasteiger partial charge < -0.3 is 15.6 Å². The molecule has 1 aliphatic heterocycles. The minimum Gasteiger partial charge on any atom is -0.380 e. The zero-order chi connectivity index (χ0) is 22.6. The van der Waals surface area contributed by atoms with Gasteiger partial charge in [0.15, 0.2) is 15.5 Å². The Kier molecular flexibility index (Phi) is 7.12. The summed E-state index contributed by atoms with van der Waals surface area (Å²) in [6.45, 7) is 1.10. The average molecular weight is 447 g/mol. The highest BCUT2D eigenvalue weighted by molar-refractivity contribution is 7.90. The van der Waals surface area contributed by atoms with Crippen molar-refractivity contribution in [3.05, 3.63) is 46.8 Å². The molecule has 0 radical (unpaired) electrons. The van der Waals surface area contributed by atoms with Crippen LogP contribution in [0, 0.1) is 11.8 Å². The van der Waals surface area contributed by atoms with E-state index >= 15 is 0 Å².